The first-order valence-electron chi connectivity index (χ1n) is 7.13. The minimum absolute atomic E-state index is 0.545. The third kappa shape index (κ3) is 3.82. The van der Waals surface area contributed by atoms with Gasteiger partial charge in [-0.1, -0.05) is 38.5 Å². The lowest BCUT2D eigenvalue weighted by Crippen LogP contribution is -2.19. The second kappa shape index (κ2) is 7.06. The van der Waals surface area contributed by atoms with Crippen LogP contribution in [0.25, 0.3) is 0 Å². The average molecular weight is 330 g/mol. The molecule has 0 aliphatic heterocycles. The van der Waals surface area contributed by atoms with Crippen LogP contribution in [-0.4, -0.2) is 7.05 Å². The Labute approximate surface area is 123 Å². The SMILES string of the molecule is CNC(CC1CCCCCC1)c1cc(C)c(Br)s1. The van der Waals surface area contributed by atoms with Crippen LogP contribution >= 0.6 is 27.3 Å². The van der Waals surface area contributed by atoms with Gasteiger partial charge in [0.05, 0.1) is 3.79 Å². The van der Waals surface area contributed by atoms with Crippen molar-refractivity contribution < 1.29 is 0 Å². The van der Waals surface area contributed by atoms with Gasteiger partial charge >= 0.3 is 0 Å². The fraction of sp³-hybridized carbons (Fsp3) is 0.733. The fourth-order valence-corrected chi connectivity index (χ4v) is 4.66. The Balaban J connectivity index is 1.99. The van der Waals surface area contributed by atoms with E-state index in [9.17, 15) is 0 Å². The molecule has 0 amide bonds. The highest BCUT2D eigenvalue weighted by Crippen LogP contribution is 2.36. The van der Waals surface area contributed by atoms with Gasteiger partial charge in [-0.15, -0.1) is 11.3 Å². The number of rotatable bonds is 4. The molecule has 0 bridgehead atoms. The van der Waals surface area contributed by atoms with Gasteiger partial charge in [0.1, 0.15) is 0 Å². The van der Waals surface area contributed by atoms with Crippen molar-refractivity contribution >= 4 is 27.3 Å². The van der Waals surface area contributed by atoms with Crippen LogP contribution in [0.2, 0.25) is 0 Å². The molecular formula is C15H24BrNS. The Morgan fingerprint density at radius 1 is 1.33 bits per heavy atom. The summed E-state index contributed by atoms with van der Waals surface area (Å²) in [6.45, 7) is 2.18. The lowest BCUT2D eigenvalue weighted by atomic mass is 9.92. The molecule has 0 radical (unpaired) electrons. The molecular weight excluding hydrogens is 306 g/mol. The van der Waals surface area contributed by atoms with Crippen LogP contribution in [0.5, 0.6) is 0 Å². The van der Waals surface area contributed by atoms with Crippen LogP contribution in [0.3, 0.4) is 0 Å². The summed E-state index contributed by atoms with van der Waals surface area (Å²) < 4.78 is 1.29. The number of hydrogen-bond donors (Lipinski definition) is 1. The lowest BCUT2D eigenvalue weighted by Gasteiger charge is -2.21. The van der Waals surface area contributed by atoms with Gasteiger partial charge in [-0.2, -0.15) is 0 Å². The highest BCUT2D eigenvalue weighted by atomic mass is 79.9. The topological polar surface area (TPSA) is 12.0 Å². The first-order valence-corrected chi connectivity index (χ1v) is 8.74. The Bertz CT molecular complexity index is 347. The zero-order valence-corrected chi connectivity index (χ0v) is 13.9. The smallest absolute Gasteiger partial charge is 0.0731 e. The van der Waals surface area contributed by atoms with Crippen LogP contribution in [0, 0.1) is 12.8 Å². The van der Waals surface area contributed by atoms with Crippen molar-refractivity contribution in [3.63, 3.8) is 0 Å². The molecule has 1 unspecified atom stereocenters. The number of aryl methyl sites for hydroxylation is 1. The van der Waals surface area contributed by atoms with E-state index in [2.05, 4.69) is 41.3 Å². The monoisotopic (exact) mass is 329 g/mol. The van der Waals surface area contributed by atoms with Crippen molar-refractivity contribution in [3.05, 3.63) is 20.3 Å². The molecule has 0 spiro atoms. The second-order valence-corrected chi connectivity index (χ2v) is 7.94. The van der Waals surface area contributed by atoms with Crippen molar-refractivity contribution in [2.75, 3.05) is 7.05 Å². The van der Waals surface area contributed by atoms with Crippen LogP contribution in [0.1, 0.15) is 61.4 Å². The molecule has 102 valence electrons. The summed E-state index contributed by atoms with van der Waals surface area (Å²) in [5.41, 5.74) is 1.37. The molecule has 1 heterocycles. The number of halogens is 1. The van der Waals surface area contributed by atoms with Gasteiger partial charge in [-0.25, -0.2) is 0 Å². The molecule has 1 saturated carbocycles. The van der Waals surface area contributed by atoms with E-state index in [1.807, 2.05) is 11.3 Å². The summed E-state index contributed by atoms with van der Waals surface area (Å²) in [4.78, 5) is 1.49. The molecule has 1 aliphatic carbocycles. The predicted octanol–water partition coefficient (Wildman–Crippen LogP) is 5.44. The Hall–Kier alpha value is 0.140. The zero-order valence-electron chi connectivity index (χ0n) is 11.5. The van der Waals surface area contributed by atoms with Crippen molar-refractivity contribution in [2.24, 2.45) is 5.92 Å². The molecule has 0 saturated heterocycles. The summed E-state index contributed by atoms with van der Waals surface area (Å²) in [6, 6.07) is 2.88. The van der Waals surface area contributed by atoms with E-state index in [0.29, 0.717) is 6.04 Å². The minimum atomic E-state index is 0.545. The standard InChI is InChI=1S/C15H24BrNS/c1-11-9-14(18-15(11)16)13(17-2)10-12-7-5-3-4-6-8-12/h9,12-13,17H,3-8,10H2,1-2H3. The third-order valence-corrected chi connectivity index (χ3v) is 6.36. The van der Waals surface area contributed by atoms with Gasteiger partial charge in [-0.05, 0) is 53.9 Å². The van der Waals surface area contributed by atoms with Crippen LogP contribution in [0.4, 0.5) is 0 Å². The molecule has 1 aromatic rings. The second-order valence-electron chi connectivity index (χ2n) is 5.54. The summed E-state index contributed by atoms with van der Waals surface area (Å²) >= 11 is 5.54. The quantitative estimate of drug-likeness (QED) is 0.725. The summed E-state index contributed by atoms with van der Waals surface area (Å²) in [5, 5.41) is 3.52. The maximum Gasteiger partial charge on any atom is 0.0731 e. The molecule has 1 fully saturated rings. The summed E-state index contributed by atoms with van der Waals surface area (Å²) in [7, 11) is 2.10. The Morgan fingerprint density at radius 3 is 2.50 bits per heavy atom. The predicted molar refractivity (Wildman–Crippen MR) is 84.4 cm³/mol. The third-order valence-electron chi connectivity index (χ3n) is 4.11. The highest BCUT2D eigenvalue weighted by molar-refractivity contribution is 9.11. The summed E-state index contributed by atoms with van der Waals surface area (Å²) in [5.74, 6) is 0.922. The molecule has 1 atom stereocenters. The fourth-order valence-electron chi connectivity index (χ4n) is 2.96. The largest absolute Gasteiger partial charge is 0.312 e. The number of nitrogens with one attached hydrogen (secondary N) is 1. The van der Waals surface area contributed by atoms with Crippen LogP contribution < -0.4 is 5.32 Å². The Kier molecular flexibility index (Phi) is 5.71. The highest BCUT2D eigenvalue weighted by Gasteiger charge is 2.20. The number of thiophene rings is 1. The van der Waals surface area contributed by atoms with Gasteiger partial charge in [0.15, 0.2) is 0 Å². The summed E-state index contributed by atoms with van der Waals surface area (Å²) in [6.07, 6.45) is 9.95. The van der Waals surface area contributed by atoms with E-state index in [1.165, 1.54) is 59.2 Å². The van der Waals surface area contributed by atoms with E-state index in [4.69, 9.17) is 0 Å². The first-order chi connectivity index (χ1) is 8.70. The average Bonchev–Trinajstić information content (AvgIpc) is 2.59. The van der Waals surface area contributed by atoms with E-state index >= 15 is 0 Å². The van der Waals surface area contributed by atoms with Crippen molar-refractivity contribution in [3.8, 4) is 0 Å². The van der Waals surface area contributed by atoms with Gasteiger partial charge in [-0.3, -0.25) is 0 Å². The van der Waals surface area contributed by atoms with E-state index in [1.54, 1.807) is 0 Å². The molecule has 2 rings (SSSR count). The Morgan fingerprint density at radius 2 is 2.00 bits per heavy atom. The molecule has 1 aromatic heterocycles. The maximum absolute atomic E-state index is 3.64. The van der Waals surface area contributed by atoms with Gasteiger partial charge in [0.25, 0.3) is 0 Å². The molecule has 18 heavy (non-hydrogen) atoms. The van der Waals surface area contributed by atoms with E-state index in [-0.39, 0.29) is 0 Å². The van der Waals surface area contributed by atoms with Crippen molar-refractivity contribution in [2.45, 2.75) is 57.9 Å². The van der Waals surface area contributed by atoms with Gasteiger partial charge in [0, 0.05) is 10.9 Å². The minimum Gasteiger partial charge on any atom is -0.312 e. The molecule has 1 N–H and O–H groups in total. The number of hydrogen-bond acceptors (Lipinski definition) is 2. The van der Waals surface area contributed by atoms with E-state index in [0.717, 1.165) is 5.92 Å². The zero-order chi connectivity index (χ0) is 13.0. The van der Waals surface area contributed by atoms with E-state index < -0.39 is 0 Å². The molecule has 1 nitrogen and oxygen atoms in total. The first kappa shape index (κ1) is 14.5. The van der Waals surface area contributed by atoms with Crippen molar-refractivity contribution in [1.29, 1.82) is 0 Å². The van der Waals surface area contributed by atoms with Gasteiger partial charge < -0.3 is 5.32 Å². The van der Waals surface area contributed by atoms with Crippen LogP contribution in [-0.2, 0) is 0 Å². The van der Waals surface area contributed by atoms with Gasteiger partial charge in [0.2, 0.25) is 0 Å². The molecule has 3 heteroatoms. The normalized spacial score (nSPS) is 19.7. The maximum atomic E-state index is 3.64. The van der Waals surface area contributed by atoms with Crippen LogP contribution in [0.15, 0.2) is 9.85 Å². The molecule has 1 aliphatic rings. The lowest BCUT2D eigenvalue weighted by molar-refractivity contribution is 0.370. The van der Waals surface area contributed by atoms with Crippen molar-refractivity contribution in [1.82, 2.24) is 5.32 Å². The molecule has 0 aromatic carbocycles.